The molecule has 0 radical (unpaired) electrons. The molecule has 1 unspecified atom stereocenters. The fraction of sp³-hybridized carbons (Fsp3) is 0.533. The van der Waals surface area contributed by atoms with Gasteiger partial charge in [0.05, 0.1) is 12.1 Å². The highest BCUT2D eigenvalue weighted by molar-refractivity contribution is 5.92. The van der Waals surface area contributed by atoms with Crippen LogP contribution in [-0.2, 0) is 16.6 Å². The molecule has 2 rings (SSSR count). The third-order valence-electron chi connectivity index (χ3n) is 4.03. The van der Waals surface area contributed by atoms with Crippen LogP contribution in [0, 0.1) is 13.8 Å². The number of rotatable bonds is 4. The molecule has 1 N–H and O–H groups in total. The van der Waals surface area contributed by atoms with Crippen molar-refractivity contribution in [2.45, 2.75) is 39.2 Å². The SMILES string of the molecule is Cc1nn(C)c(C)c1/C=C/C(=O)N1CCCC1CC(=O)O. The van der Waals surface area contributed by atoms with Gasteiger partial charge in [-0.05, 0) is 32.8 Å². The fourth-order valence-corrected chi connectivity index (χ4v) is 2.82. The maximum absolute atomic E-state index is 12.3. The lowest BCUT2D eigenvalue weighted by Crippen LogP contribution is -2.35. The van der Waals surface area contributed by atoms with Crippen molar-refractivity contribution in [2.75, 3.05) is 6.54 Å². The van der Waals surface area contributed by atoms with Gasteiger partial charge in [-0.3, -0.25) is 14.3 Å². The Kier molecular flexibility index (Phi) is 4.45. The molecule has 114 valence electrons. The van der Waals surface area contributed by atoms with E-state index in [1.165, 1.54) is 6.08 Å². The molecular formula is C15H21N3O3. The first-order chi connectivity index (χ1) is 9.90. The maximum Gasteiger partial charge on any atom is 0.305 e. The number of hydrogen-bond donors (Lipinski definition) is 1. The fourth-order valence-electron chi connectivity index (χ4n) is 2.82. The zero-order chi connectivity index (χ0) is 15.6. The molecule has 1 amide bonds. The molecule has 6 heteroatoms. The number of aryl methyl sites for hydroxylation is 2. The van der Waals surface area contributed by atoms with Gasteiger partial charge in [-0.15, -0.1) is 0 Å². The van der Waals surface area contributed by atoms with Gasteiger partial charge in [-0.1, -0.05) is 0 Å². The lowest BCUT2D eigenvalue weighted by atomic mass is 10.1. The van der Waals surface area contributed by atoms with Crippen molar-refractivity contribution in [3.05, 3.63) is 23.0 Å². The quantitative estimate of drug-likeness (QED) is 0.853. The minimum atomic E-state index is -0.859. The number of nitrogens with zero attached hydrogens (tertiary/aromatic N) is 3. The summed E-state index contributed by atoms with van der Waals surface area (Å²) < 4.78 is 1.78. The van der Waals surface area contributed by atoms with Crippen LogP contribution in [0.2, 0.25) is 0 Å². The first-order valence-electron chi connectivity index (χ1n) is 7.11. The zero-order valence-electron chi connectivity index (χ0n) is 12.7. The van der Waals surface area contributed by atoms with Crippen LogP contribution in [0.3, 0.4) is 0 Å². The highest BCUT2D eigenvalue weighted by atomic mass is 16.4. The summed E-state index contributed by atoms with van der Waals surface area (Å²) in [6, 6.07) is -0.184. The minimum absolute atomic E-state index is 0.0184. The van der Waals surface area contributed by atoms with E-state index in [1.807, 2.05) is 20.9 Å². The van der Waals surface area contributed by atoms with Crippen molar-refractivity contribution in [2.24, 2.45) is 7.05 Å². The normalized spacial score (nSPS) is 18.6. The number of carbonyl (C=O) groups is 2. The topological polar surface area (TPSA) is 75.4 Å². The molecule has 1 aliphatic heterocycles. The predicted molar refractivity (Wildman–Crippen MR) is 78.7 cm³/mol. The molecular weight excluding hydrogens is 270 g/mol. The first kappa shape index (κ1) is 15.3. The van der Waals surface area contributed by atoms with Gasteiger partial charge in [0.1, 0.15) is 0 Å². The Labute approximate surface area is 124 Å². The number of carboxylic acids is 1. The molecule has 1 atom stereocenters. The van der Waals surface area contributed by atoms with E-state index in [0.29, 0.717) is 6.54 Å². The van der Waals surface area contributed by atoms with Gasteiger partial charge in [0, 0.05) is 37.0 Å². The van der Waals surface area contributed by atoms with Crippen molar-refractivity contribution in [3.8, 4) is 0 Å². The van der Waals surface area contributed by atoms with E-state index in [-0.39, 0.29) is 18.4 Å². The van der Waals surface area contributed by atoms with Gasteiger partial charge in [0.25, 0.3) is 0 Å². The van der Waals surface area contributed by atoms with Crippen molar-refractivity contribution >= 4 is 18.0 Å². The van der Waals surface area contributed by atoms with E-state index in [0.717, 1.165) is 29.8 Å². The summed E-state index contributed by atoms with van der Waals surface area (Å²) in [5.74, 6) is -0.982. The molecule has 1 aliphatic rings. The molecule has 21 heavy (non-hydrogen) atoms. The second-order valence-electron chi connectivity index (χ2n) is 5.47. The zero-order valence-corrected chi connectivity index (χ0v) is 12.7. The van der Waals surface area contributed by atoms with Crippen molar-refractivity contribution in [1.82, 2.24) is 14.7 Å². The standard InChI is InChI=1S/C15H21N3O3/c1-10-13(11(2)17(3)16-10)6-7-14(19)18-8-4-5-12(18)9-15(20)21/h6-7,12H,4-5,8-9H2,1-3H3,(H,20,21)/b7-6+. The molecule has 1 aromatic heterocycles. The number of carboxylic acid groups (broad SMARTS) is 1. The van der Waals surface area contributed by atoms with E-state index in [4.69, 9.17) is 5.11 Å². The summed E-state index contributed by atoms with van der Waals surface area (Å²) in [6.45, 7) is 4.49. The average Bonchev–Trinajstić information content (AvgIpc) is 2.93. The van der Waals surface area contributed by atoms with Crippen LogP contribution in [0.25, 0.3) is 6.08 Å². The minimum Gasteiger partial charge on any atom is -0.481 e. The average molecular weight is 291 g/mol. The maximum atomic E-state index is 12.3. The summed E-state index contributed by atoms with van der Waals surface area (Å²) in [7, 11) is 1.87. The van der Waals surface area contributed by atoms with Crippen LogP contribution < -0.4 is 0 Å². The lowest BCUT2D eigenvalue weighted by Gasteiger charge is -2.21. The van der Waals surface area contributed by atoms with Gasteiger partial charge in [0.2, 0.25) is 5.91 Å². The molecule has 0 aliphatic carbocycles. The number of carbonyl (C=O) groups excluding carboxylic acids is 1. The Morgan fingerprint density at radius 2 is 2.14 bits per heavy atom. The summed E-state index contributed by atoms with van der Waals surface area (Å²) in [5, 5.41) is 13.2. The molecule has 0 aromatic carbocycles. The van der Waals surface area contributed by atoms with E-state index in [9.17, 15) is 9.59 Å². The van der Waals surface area contributed by atoms with E-state index < -0.39 is 5.97 Å². The predicted octanol–water partition coefficient (Wildman–Crippen LogP) is 1.52. The molecule has 0 spiro atoms. The van der Waals surface area contributed by atoms with Crippen LogP contribution in [0.1, 0.15) is 36.2 Å². The Hall–Kier alpha value is -2.11. The summed E-state index contributed by atoms with van der Waals surface area (Å²) in [6.07, 6.45) is 4.94. The molecule has 1 saturated heterocycles. The highest BCUT2D eigenvalue weighted by Gasteiger charge is 2.29. The van der Waals surface area contributed by atoms with Crippen LogP contribution in [0.4, 0.5) is 0 Å². The second-order valence-corrected chi connectivity index (χ2v) is 5.47. The molecule has 1 fully saturated rings. The number of aliphatic carboxylic acids is 1. The Bertz CT molecular complexity index is 589. The number of amides is 1. The first-order valence-corrected chi connectivity index (χ1v) is 7.11. The third-order valence-corrected chi connectivity index (χ3v) is 4.03. The van der Waals surface area contributed by atoms with Gasteiger partial charge in [-0.2, -0.15) is 5.10 Å². The Balaban J connectivity index is 2.10. The number of hydrogen-bond acceptors (Lipinski definition) is 3. The van der Waals surface area contributed by atoms with Gasteiger partial charge < -0.3 is 10.0 Å². The molecule has 0 saturated carbocycles. The van der Waals surface area contributed by atoms with E-state index in [2.05, 4.69) is 5.10 Å². The Morgan fingerprint density at radius 3 is 2.71 bits per heavy atom. The summed E-state index contributed by atoms with van der Waals surface area (Å²) in [5.41, 5.74) is 2.82. The third kappa shape index (κ3) is 3.32. The van der Waals surface area contributed by atoms with E-state index in [1.54, 1.807) is 15.7 Å². The van der Waals surface area contributed by atoms with Crippen LogP contribution in [-0.4, -0.2) is 44.3 Å². The Morgan fingerprint density at radius 1 is 1.43 bits per heavy atom. The highest BCUT2D eigenvalue weighted by Crippen LogP contribution is 2.21. The van der Waals surface area contributed by atoms with Gasteiger partial charge in [0.15, 0.2) is 0 Å². The van der Waals surface area contributed by atoms with Gasteiger partial charge in [-0.25, -0.2) is 0 Å². The van der Waals surface area contributed by atoms with E-state index >= 15 is 0 Å². The largest absolute Gasteiger partial charge is 0.481 e. The molecule has 2 heterocycles. The number of aromatic nitrogens is 2. The second kappa shape index (κ2) is 6.11. The van der Waals surface area contributed by atoms with Crippen molar-refractivity contribution in [1.29, 1.82) is 0 Å². The summed E-state index contributed by atoms with van der Waals surface area (Å²) in [4.78, 5) is 24.7. The number of likely N-dealkylation sites (tertiary alicyclic amines) is 1. The molecule has 1 aromatic rings. The molecule has 6 nitrogen and oxygen atoms in total. The lowest BCUT2D eigenvalue weighted by molar-refractivity contribution is -0.139. The summed E-state index contributed by atoms with van der Waals surface area (Å²) >= 11 is 0. The van der Waals surface area contributed by atoms with Crippen LogP contribution in [0.5, 0.6) is 0 Å². The monoisotopic (exact) mass is 291 g/mol. The van der Waals surface area contributed by atoms with Crippen LogP contribution >= 0.6 is 0 Å². The molecule has 0 bridgehead atoms. The van der Waals surface area contributed by atoms with Crippen molar-refractivity contribution < 1.29 is 14.7 Å². The van der Waals surface area contributed by atoms with Crippen molar-refractivity contribution in [3.63, 3.8) is 0 Å². The van der Waals surface area contributed by atoms with Crippen LogP contribution in [0.15, 0.2) is 6.08 Å². The smallest absolute Gasteiger partial charge is 0.305 e. The van der Waals surface area contributed by atoms with Gasteiger partial charge >= 0.3 is 5.97 Å².